The summed E-state index contributed by atoms with van der Waals surface area (Å²) >= 11 is 0. The number of hydrogen-bond acceptors (Lipinski definition) is 3. The molecule has 0 aromatic heterocycles. The predicted octanol–water partition coefficient (Wildman–Crippen LogP) is 2.80. The molecule has 3 nitrogen and oxygen atoms in total. The van der Waals surface area contributed by atoms with Crippen molar-refractivity contribution in [3.05, 3.63) is 24.3 Å². The van der Waals surface area contributed by atoms with Crippen molar-refractivity contribution < 1.29 is 4.74 Å². The van der Waals surface area contributed by atoms with Crippen LogP contribution < -0.4 is 10.1 Å². The van der Waals surface area contributed by atoms with Crippen LogP contribution in [0.5, 0.6) is 5.75 Å². The molecule has 0 saturated heterocycles. The first kappa shape index (κ1) is 11.4. The molecule has 3 heteroatoms. The zero-order valence-corrected chi connectivity index (χ0v) is 9.37. The van der Waals surface area contributed by atoms with Gasteiger partial charge in [0.2, 0.25) is 0 Å². The smallest absolute Gasteiger partial charge is 0.122 e. The first-order valence-electron chi connectivity index (χ1n) is 4.97. The average Bonchev–Trinajstić information content (AvgIpc) is 2.29. The Morgan fingerprint density at radius 2 is 2.27 bits per heavy atom. The van der Waals surface area contributed by atoms with Crippen LogP contribution in [-0.4, -0.2) is 12.6 Å². The van der Waals surface area contributed by atoms with Gasteiger partial charge in [0.15, 0.2) is 0 Å². The summed E-state index contributed by atoms with van der Waals surface area (Å²) in [7, 11) is 1.63. The van der Waals surface area contributed by atoms with Crippen LogP contribution in [0.3, 0.4) is 0 Å². The maximum atomic E-state index is 9.03. The van der Waals surface area contributed by atoms with Crippen LogP contribution in [0.4, 0.5) is 5.69 Å². The Labute approximate surface area is 90.7 Å². The van der Waals surface area contributed by atoms with Gasteiger partial charge >= 0.3 is 0 Å². The van der Waals surface area contributed by atoms with Crippen LogP contribution in [0.1, 0.15) is 20.3 Å². The van der Waals surface area contributed by atoms with Crippen molar-refractivity contribution in [3.63, 3.8) is 0 Å². The number of nitriles is 1. The molecule has 0 amide bonds. The molecule has 1 aromatic carbocycles. The van der Waals surface area contributed by atoms with Gasteiger partial charge < -0.3 is 10.1 Å². The summed E-state index contributed by atoms with van der Waals surface area (Å²) in [6.45, 7) is 3.86. The summed E-state index contributed by atoms with van der Waals surface area (Å²) in [5.41, 5.74) is 0.382. The molecule has 0 aliphatic heterocycles. The monoisotopic (exact) mass is 204 g/mol. The van der Waals surface area contributed by atoms with E-state index in [1.165, 1.54) is 0 Å². The average molecular weight is 204 g/mol. The molecule has 0 fully saturated rings. The summed E-state index contributed by atoms with van der Waals surface area (Å²) in [4.78, 5) is 0. The van der Waals surface area contributed by atoms with Gasteiger partial charge in [-0.3, -0.25) is 0 Å². The molecule has 1 N–H and O–H groups in total. The second-order valence-corrected chi connectivity index (χ2v) is 3.65. The quantitative estimate of drug-likeness (QED) is 0.820. The molecular weight excluding hydrogens is 188 g/mol. The Kier molecular flexibility index (Phi) is 3.56. The van der Waals surface area contributed by atoms with E-state index in [9.17, 15) is 0 Å². The Morgan fingerprint density at radius 1 is 1.53 bits per heavy atom. The van der Waals surface area contributed by atoms with E-state index in [1.54, 1.807) is 7.11 Å². The Morgan fingerprint density at radius 3 is 2.80 bits per heavy atom. The molecule has 1 aromatic rings. The van der Waals surface area contributed by atoms with Gasteiger partial charge in [0.25, 0.3) is 0 Å². The highest BCUT2D eigenvalue weighted by molar-refractivity contribution is 5.51. The van der Waals surface area contributed by atoms with Crippen molar-refractivity contribution in [3.8, 4) is 11.8 Å². The SMILES string of the molecule is CCC(C)(C#N)Nc1cccc(OC)c1. The highest BCUT2D eigenvalue weighted by Crippen LogP contribution is 2.21. The third-order valence-corrected chi connectivity index (χ3v) is 2.44. The van der Waals surface area contributed by atoms with Gasteiger partial charge in [-0.2, -0.15) is 5.26 Å². The van der Waals surface area contributed by atoms with E-state index >= 15 is 0 Å². The van der Waals surface area contributed by atoms with E-state index in [-0.39, 0.29) is 0 Å². The third kappa shape index (κ3) is 2.88. The lowest BCUT2D eigenvalue weighted by molar-refractivity contribution is 0.415. The van der Waals surface area contributed by atoms with Crippen LogP contribution >= 0.6 is 0 Å². The third-order valence-electron chi connectivity index (χ3n) is 2.44. The number of benzene rings is 1. The zero-order chi connectivity index (χ0) is 11.3. The zero-order valence-electron chi connectivity index (χ0n) is 9.37. The Bertz CT molecular complexity index is 370. The first-order chi connectivity index (χ1) is 7.13. The number of anilines is 1. The van der Waals surface area contributed by atoms with Gasteiger partial charge in [0.1, 0.15) is 11.3 Å². The summed E-state index contributed by atoms with van der Waals surface area (Å²) < 4.78 is 5.11. The highest BCUT2D eigenvalue weighted by atomic mass is 16.5. The lowest BCUT2D eigenvalue weighted by Gasteiger charge is -2.22. The molecule has 15 heavy (non-hydrogen) atoms. The lowest BCUT2D eigenvalue weighted by Crippen LogP contribution is -2.31. The fourth-order valence-electron chi connectivity index (χ4n) is 1.21. The molecular formula is C12H16N2O. The summed E-state index contributed by atoms with van der Waals surface area (Å²) in [6, 6.07) is 9.84. The van der Waals surface area contributed by atoms with E-state index in [0.717, 1.165) is 17.9 Å². The minimum atomic E-state index is -0.521. The molecule has 0 aliphatic carbocycles. The molecule has 0 bridgehead atoms. The number of nitrogens with one attached hydrogen (secondary N) is 1. The van der Waals surface area contributed by atoms with Crippen LogP contribution in [-0.2, 0) is 0 Å². The van der Waals surface area contributed by atoms with E-state index in [4.69, 9.17) is 10.00 Å². The van der Waals surface area contributed by atoms with Crippen molar-refractivity contribution >= 4 is 5.69 Å². The largest absolute Gasteiger partial charge is 0.497 e. The second kappa shape index (κ2) is 4.70. The van der Waals surface area contributed by atoms with Crippen molar-refractivity contribution in [2.75, 3.05) is 12.4 Å². The molecule has 1 atom stereocenters. The number of nitrogens with zero attached hydrogens (tertiary/aromatic N) is 1. The number of hydrogen-bond donors (Lipinski definition) is 1. The highest BCUT2D eigenvalue weighted by Gasteiger charge is 2.20. The van der Waals surface area contributed by atoms with Gasteiger partial charge in [-0.25, -0.2) is 0 Å². The van der Waals surface area contributed by atoms with Gasteiger partial charge in [-0.05, 0) is 25.5 Å². The topological polar surface area (TPSA) is 45.0 Å². The minimum absolute atomic E-state index is 0.521. The number of rotatable bonds is 4. The summed E-state index contributed by atoms with van der Waals surface area (Å²) in [5.74, 6) is 0.788. The lowest BCUT2D eigenvalue weighted by atomic mass is 10.0. The maximum absolute atomic E-state index is 9.03. The molecule has 1 unspecified atom stereocenters. The van der Waals surface area contributed by atoms with Crippen LogP contribution in [0.25, 0.3) is 0 Å². The summed E-state index contributed by atoms with van der Waals surface area (Å²) in [6.07, 6.45) is 0.751. The van der Waals surface area contributed by atoms with Gasteiger partial charge in [0, 0.05) is 11.8 Å². The van der Waals surface area contributed by atoms with Gasteiger partial charge in [-0.1, -0.05) is 13.0 Å². The van der Waals surface area contributed by atoms with Crippen molar-refractivity contribution in [1.82, 2.24) is 0 Å². The minimum Gasteiger partial charge on any atom is -0.497 e. The molecule has 0 heterocycles. The fraction of sp³-hybridized carbons (Fsp3) is 0.417. The van der Waals surface area contributed by atoms with E-state index < -0.39 is 5.54 Å². The number of methoxy groups -OCH3 is 1. The van der Waals surface area contributed by atoms with Crippen LogP contribution in [0.2, 0.25) is 0 Å². The maximum Gasteiger partial charge on any atom is 0.122 e. The van der Waals surface area contributed by atoms with Crippen molar-refractivity contribution in [2.24, 2.45) is 0 Å². The predicted molar refractivity (Wildman–Crippen MR) is 60.9 cm³/mol. The Hall–Kier alpha value is -1.69. The molecule has 1 rings (SSSR count). The van der Waals surface area contributed by atoms with Crippen molar-refractivity contribution in [1.29, 1.82) is 5.26 Å². The first-order valence-corrected chi connectivity index (χ1v) is 4.97. The molecule has 0 spiro atoms. The van der Waals surface area contributed by atoms with Gasteiger partial charge in [0.05, 0.1) is 13.2 Å². The molecule has 80 valence electrons. The molecule has 0 saturated carbocycles. The van der Waals surface area contributed by atoms with E-state index in [1.807, 2.05) is 38.1 Å². The second-order valence-electron chi connectivity index (χ2n) is 3.65. The number of ether oxygens (including phenoxy) is 1. The van der Waals surface area contributed by atoms with E-state index in [0.29, 0.717) is 0 Å². The normalized spacial score (nSPS) is 13.7. The van der Waals surface area contributed by atoms with Crippen LogP contribution in [0, 0.1) is 11.3 Å². The summed E-state index contributed by atoms with van der Waals surface area (Å²) in [5, 5.41) is 12.2. The molecule has 0 radical (unpaired) electrons. The fourth-order valence-corrected chi connectivity index (χ4v) is 1.21. The van der Waals surface area contributed by atoms with Crippen LogP contribution in [0.15, 0.2) is 24.3 Å². The van der Waals surface area contributed by atoms with Crippen molar-refractivity contribution in [2.45, 2.75) is 25.8 Å². The van der Waals surface area contributed by atoms with Gasteiger partial charge in [-0.15, -0.1) is 0 Å². The molecule has 0 aliphatic rings. The standard InChI is InChI=1S/C12H16N2O/c1-4-12(2,9-13)14-10-6-5-7-11(8-10)15-3/h5-8,14H,4H2,1-3H3. The van der Waals surface area contributed by atoms with E-state index in [2.05, 4.69) is 11.4 Å². The Balaban J connectivity index is 2.85.